The summed E-state index contributed by atoms with van der Waals surface area (Å²) < 4.78 is 46.9. The highest BCUT2D eigenvalue weighted by Gasteiger charge is 2.35. The zero-order chi connectivity index (χ0) is 29.0. The van der Waals surface area contributed by atoms with Crippen LogP contribution >= 0.6 is 11.6 Å². The first-order valence-electron chi connectivity index (χ1n) is 12.6. The van der Waals surface area contributed by atoms with Crippen molar-refractivity contribution in [1.29, 1.82) is 0 Å². The molecule has 0 saturated carbocycles. The molecule has 0 saturated heterocycles. The molecule has 12 heteroatoms. The number of sulfone groups is 1. The third kappa shape index (κ3) is 6.27. The van der Waals surface area contributed by atoms with Gasteiger partial charge >= 0.3 is 0 Å². The van der Waals surface area contributed by atoms with Gasteiger partial charge in [0.05, 0.1) is 36.3 Å². The summed E-state index contributed by atoms with van der Waals surface area (Å²) in [4.78, 5) is 8.63. The number of para-hydroxylation sites is 1. The smallest absolute Gasteiger partial charge is 0.170 e. The highest BCUT2D eigenvalue weighted by molar-refractivity contribution is 7.91. The lowest BCUT2D eigenvalue weighted by atomic mass is 10.1. The van der Waals surface area contributed by atoms with Crippen molar-refractivity contribution in [2.24, 2.45) is 0 Å². The van der Waals surface area contributed by atoms with Crippen LogP contribution in [-0.2, 0) is 20.3 Å². The summed E-state index contributed by atoms with van der Waals surface area (Å²) in [6.45, 7) is 7.20. The Kier molecular flexibility index (Phi) is 9.07. The number of halogens is 1. The van der Waals surface area contributed by atoms with E-state index in [1.807, 2.05) is 26.8 Å². The lowest BCUT2D eigenvalue weighted by Gasteiger charge is -2.26. The lowest BCUT2D eigenvalue weighted by Crippen LogP contribution is -2.31. The van der Waals surface area contributed by atoms with E-state index in [1.165, 1.54) is 20.4 Å². The second kappa shape index (κ2) is 12.3. The SMILES string of the molecule is COc1cccc(OC)c1-n1c(CS(=O)(=O)[C@H](C)[C@H](OC(C)C)c2ccc(Cl)cn2)nnc1-c1cncc(C)c1. The van der Waals surface area contributed by atoms with Crippen molar-refractivity contribution in [3.63, 3.8) is 0 Å². The van der Waals surface area contributed by atoms with Gasteiger partial charge in [-0.25, -0.2) is 8.42 Å². The quantitative estimate of drug-likeness (QED) is 0.235. The van der Waals surface area contributed by atoms with Crippen molar-refractivity contribution in [3.8, 4) is 28.6 Å². The maximum atomic E-state index is 14.0. The van der Waals surface area contributed by atoms with E-state index >= 15 is 0 Å². The number of hydrogen-bond acceptors (Lipinski definition) is 9. The molecule has 4 rings (SSSR count). The van der Waals surface area contributed by atoms with Crippen LogP contribution in [-0.4, -0.2) is 58.7 Å². The van der Waals surface area contributed by atoms with Gasteiger partial charge < -0.3 is 14.2 Å². The number of methoxy groups -OCH3 is 2. The number of benzene rings is 1. The number of aromatic nitrogens is 5. The van der Waals surface area contributed by atoms with Crippen molar-refractivity contribution in [1.82, 2.24) is 24.7 Å². The Morgan fingerprint density at radius 3 is 2.25 bits per heavy atom. The fraction of sp³-hybridized carbons (Fsp3) is 0.357. The number of pyridine rings is 2. The van der Waals surface area contributed by atoms with Crippen LogP contribution in [0.25, 0.3) is 17.1 Å². The molecule has 0 amide bonds. The largest absolute Gasteiger partial charge is 0.494 e. The molecule has 3 heterocycles. The Bertz CT molecular complexity index is 1550. The molecule has 10 nitrogen and oxygen atoms in total. The van der Waals surface area contributed by atoms with Crippen molar-refractivity contribution < 1.29 is 22.6 Å². The molecule has 1 aromatic carbocycles. The second-order valence-electron chi connectivity index (χ2n) is 9.56. The first-order chi connectivity index (χ1) is 19.1. The van der Waals surface area contributed by atoms with Gasteiger partial charge in [0.2, 0.25) is 0 Å². The van der Waals surface area contributed by atoms with Crippen LogP contribution in [0.3, 0.4) is 0 Å². The standard InChI is InChI=1S/C28H32ClN5O5S/c1-17(2)39-27(22-11-10-21(29)15-31-22)19(4)40(35,36)16-25-32-33-28(20-12-18(3)13-30-14-20)34(25)26-23(37-5)8-7-9-24(26)38-6/h7-15,17,19,27H,16H2,1-6H3/t19-,27+/m1/s1. The van der Waals surface area contributed by atoms with Crippen LogP contribution < -0.4 is 9.47 Å². The van der Waals surface area contributed by atoms with Gasteiger partial charge in [-0.3, -0.25) is 14.5 Å². The Hall–Kier alpha value is -3.54. The normalized spacial score (nSPS) is 13.3. The minimum absolute atomic E-state index is 0.179. The van der Waals surface area contributed by atoms with E-state index in [1.54, 1.807) is 54.2 Å². The van der Waals surface area contributed by atoms with Crippen molar-refractivity contribution >= 4 is 21.4 Å². The third-order valence-electron chi connectivity index (χ3n) is 6.27. The molecule has 0 spiro atoms. The van der Waals surface area contributed by atoms with E-state index in [4.69, 9.17) is 25.8 Å². The molecule has 212 valence electrons. The minimum atomic E-state index is -3.88. The van der Waals surface area contributed by atoms with E-state index in [9.17, 15) is 8.42 Å². The Morgan fingerprint density at radius 1 is 0.975 bits per heavy atom. The monoisotopic (exact) mass is 585 g/mol. The zero-order valence-corrected chi connectivity index (χ0v) is 24.8. The van der Waals surface area contributed by atoms with Gasteiger partial charge in [-0.15, -0.1) is 10.2 Å². The molecular formula is C28H32ClN5O5S. The van der Waals surface area contributed by atoms with Gasteiger partial charge in [-0.2, -0.15) is 0 Å². The Labute approximate surface area is 239 Å². The van der Waals surface area contributed by atoms with Gasteiger partial charge in [-0.1, -0.05) is 17.7 Å². The summed E-state index contributed by atoms with van der Waals surface area (Å²) in [5.41, 5.74) is 2.50. The first-order valence-corrected chi connectivity index (χ1v) is 14.7. The summed E-state index contributed by atoms with van der Waals surface area (Å²) in [5.74, 6) is 1.05. The Balaban J connectivity index is 1.85. The summed E-state index contributed by atoms with van der Waals surface area (Å²) in [6, 6.07) is 10.5. The maximum Gasteiger partial charge on any atom is 0.170 e. The van der Waals surface area contributed by atoms with E-state index in [0.717, 1.165) is 5.56 Å². The van der Waals surface area contributed by atoms with E-state index in [2.05, 4.69) is 20.2 Å². The lowest BCUT2D eigenvalue weighted by molar-refractivity contribution is 0.00405. The van der Waals surface area contributed by atoms with Crippen LogP contribution in [0.5, 0.6) is 11.5 Å². The summed E-state index contributed by atoms with van der Waals surface area (Å²) in [6.07, 6.45) is 3.76. The average molecular weight is 586 g/mol. The second-order valence-corrected chi connectivity index (χ2v) is 12.4. The number of ether oxygens (including phenoxy) is 3. The van der Waals surface area contributed by atoms with Crippen LogP contribution in [0.2, 0.25) is 5.02 Å². The molecule has 4 aromatic rings. The Morgan fingerprint density at radius 2 is 1.68 bits per heavy atom. The number of nitrogens with zero attached hydrogens (tertiary/aromatic N) is 5. The van der Waals surface area contributed by atoms with Crippen molar-refractivity contribution in [2.75, 3.05) is 14.2 Å². The molecule has 2 atom stereocenters. The van der Waals surface area contributed by atoms with Gasteiger partial charge in [0.25, 0.3) is 0 Å². The number of rotatable bonds is 11. The van der Waals surface area contributed by atoms with E-state index in [-0.39, 0.29) is 11.9 Å². The topological polar surface area (TPSA) is 118 Å². The summed E-state index contributed by atoms with van der Waals surface area (Å²) in [7, 11) is -0.822. The maximum absolute atomic E-state index is 14.0. The van der Waals surface area contributed by atoms with Crippen LogP contribution in [0.15, 0.2) is 55.0 Å². The molecule has 0 aliphatic carbocycles. The van der Waals surface area contributed by atoms with Gasteiger partial charge in [0.15, 0.2) is 21.5 Å². The molecule has 0 aliphatic heterocycles. The highest BCUT2D eigenvalue weighted by atomic mass is 35.5. The fourth-order valence-corrected chi connectivity index (χ4v) is 5.83. The average Bonchev–Trinajstić information content (AvgIpc) is 3.33. The van der Waals surface area contributed by atoms with Crippen molar-refractivity contribution in [3.05, 3.63) is 77.1 Å². The predicted octanol–water partition coefficient (Wildman–Crippen LogP) is 5.17. The number of hydrogen-bond donors (Lipinski definition) is 0. The highest BCUT2D eigenvalue weighted by Crippen LogP contribution is 2.37. The zero-order valence-electron chi connectivity index (χ0n) is 23.2. The van der Waals surface area contributed by atoms with Crippen LogP contribution in [0.1, 0.15) is 44.0 Å². The molecular weight excluding hydrogens is 554 g/mol. The molecule has 3 aromatic heterocycles. The first kappa shape index (κ1) is 29.4. The van der Waals surface area contributed by atoms with Gasteiger partial charge in [0, 0.05) is 24.2 Å². The van der Waals surface area contributed by atoms with Crippen LogP contribution in [0.4, 0.5) is 0 Å². The molecule has 0 radical (unpaired) electrons. The molecule has 0 fully saturated rings. The number of aryl methyl sites for hydroxylation is 1. The minimum Gasteiger partial charge on any atom is -0.494 e. The molecule has 0 bridgehead atoms. The molecule has 40 heavy (non-hydrogen) atoms. The van der Waals surface area contributed by atoms with Crippen molar-refractivity contribution in [2.45, 2.75) is 50.9 Å². The van der Waals surface area contributed by atoms with E-state index in [0.29, 0.717) is 39.3 Å². The van der Waals surface area contributed by atoms with Gasteiger partial charge in [0.1, 0.15) is 29.0 Å². The fourth-order valence-electron chi connectivity index (χ4n) is 4.33. The molecule has 0 N–H and O–H groups in total. The summed E-state index contributed by atoms with van der Waals surface area (Å²) >= 11 is 6.02. The van der Waals surface area contributed by atoms with Gasteiger partial charge in [-0.05, 0) is 63.6 Å². The van der Waals surface area contributed by atoms with Crippen LogP contribution in [0, 0.1) is 6.92 Å². The third-order valence-corrected chi connectivity index (χ3v) is 8.54. The summed E-state index contributed by atoms with van der Waals surface area (Å²) in [5, 5.41) is 8.21. The van der Waals surface area contributed by atoms with E-state index < -0.39 is 26.9 Å². The predicted molar refractivity (Wildman–Crippen MR) is 153 cm³/mol. The molecule has 0 unspecified atom stereocenters. The molecule has 0 aliphatic rings.